The summed E-state index contributed by atoms with van der Waals surface area (Å²) in [5.41, 5.74) is 1.20. The number of benzene rings is 1. The van der Waals surface area contributed by atoms with Gasteiger partial charge in [-0.05, 0) is 31.1 Å². The number of hydrogen-bond acceptors (Lipinski definition) is 6. The second-order valence-electron chi connectivity index (χ2n) is 5.83. The lowest BCUT2D eigenvalue weighted by Crippen LogP contribution is -2.17. The van der Waals surface area contributed by atoms with Crippen LogP contribution in [0.1, 0.15) is 65.3 Å². The van der Waals surface area contributed by atoms with E-state index in [1.165, 1.54) is 26.4 Å². The first kappa shape index (κ1) is 18.7. The zero-order valence-corrected chi connectivity index (χ0v) is 14.8. The molecule has 0 radical (unpaired) electrons. The van der Waals surface area contributed by atoms with Gasteiger partial charge in [0.15, 0.2) is 11.6 Å². The number of carbonyl (C=O) groups excluding carboxylic acids is 2. The van der Waals surface area contributed by atoms with E-state index >= 15 is 0 Å². The fraction of sp³-hybridized carbons (Fsp3) is 0.421. The number of fused-ring (bicyclic) bond motifs is 1. The third-order valence-electron chi connectivity index (χ3n) is 4.25. The summed E-state index contributed by atoms with van der Waals surface area (Å²) in [6.07, 6.45) is 7.03. The molecule has 6 heteroatoms. The van der Waals surface area contributed by atoms with E-state index in [1.807, 2.05) is 0 Å². The van der Waals surface area contributed by atoms with Gasteiger partial charge in [-0.2, -0.15) is 0 Å². The van der Waals surface area contributed by atoms with E-state index in [9.17, 15) is 14.8 Å². The van der Waals surface area contributed by atoms with Crippen molar-refractivity contribution in [3.8, 4) is 11.5 Å². The molecule has 0 amide bonds. The molecule has 1 aromatic carbocycles. The molecule has 0 atom stereocenters. The first-order valence-corrected chi connectivity index (χ1v) is 8.36. The summed E-state index contributed by atoms with van der Waals surface area (Å²) in [4.78, 5) is 24.6. The van der Waals surface area contributed by atoms with E-state index in [4.69, 9.17) is 9.47 Å². The van der Waals surface area contributed by atoms with E-state index < -0.39 is 0 Å². The van der Waals surface area contributed by atoms with Gasteiger partial charge in [0.25, 0.3) is 0 Å². The number of oxime groups is 1. The molecule has 0 aromatic heterocycles. The Bertz CT molecular complexity index is 734. The van der Waals surface area contributed by atoms with Crippen molar-refractivity contribution >= 4 is 17.3 Å². The van der Waals surface area contributed by atoms with Gasteiger partial charge in [-0.25, -0.2) is 0 Å². The normalized spacial score (nSPS) is 13.8. The molecule has 0 spiro atoms. The maximum atomic E-state index is 12.4. The smallest absolute Gasteiger partial charge is 0.190 e. The lowest BCUT2D eigenvalue weighted by molar-refractivity contribution is 0.0989. The van der Waals surface area contributed by atoms with Gasteiger partial charge < -0.3 is 14.7 Å². The zero-order chi connectivity index (χ0) is 18.4. The summed E-state index contributed by atoms with van der Waals surface area (Å²) in [7, 11) is 2.85. The lowest BCUT2D eigenvalue weighted by Gasteiger charge is -2.20. The van der Waals surface area contributed by atoms with Gasteiger partial charge >= 0.3 is 0 Å². The molecule has 0 fully saturated rings. The first-order valence-electron chi connectivity index (χ1n) is 8.36. The van der Waals surface area contributed by atoms with Crippen molar-refractivity contribution in [2.75, 3.05) is 14.2 Å². The third-order valence-corrected chi connectivity index (χ3v) is 4.25. The van der Waals surface area contributed by atoms with Gasteiger partial charge in [0.05, 0.1) is 31.1 Å². The Labute approximate surface area is 147 Å². The largest absolute Gasteiger partial charge is 0.496 e. The molecule has 1 aliphatic rings. The first-order chi connectivity index (χ1) is 12.1. The number of methoxy groups -OCH3 is 2. The number of allylic oxidation sites excluding steroid dienone is 2. The van der Waals surface area contributed by atoms with E-state index in [1.54, 1.807) is 6.07 Å². The Morgan fingerprint density at radius 2 is 1.72 bits per heavy atom. The van der Waals surface area contributed by atoms with Crippen LogP contribution in [0.3, 0.4) is 0 Å². The maximum Gasteiger partial charge on any atom is 0.190 e. The van der Waals surface area contributed by atoms with Gasteiger partial charge in [-0.15, -0.1) is 0 Å². The standard InChI is InChI=1S/C19H23NO5/c1-4-5-6-7-8-13(20-23)12-11-16(24-2)17-14(21)9-10-15(22)18(17)19(12)25-3/h9-11,23H,4-8H2,1-3H3/b20-13-. The van der Waals surface area contributed by atoms with Crippen LogP contribution >= 0.6 is 0 Å². The number of rotatable bonds is 8. The molecule has 1 aromatic rings. The molecule has 2 rings (SSSR count). The van der Waals surface area contributed by atoms with Gasteiger partial charge in [-0.3, -0.25) is 9.59 Å². The highest BCUT2D eigenvalue weighted by Crippen LogP contribution is 2.38. The summed E-state index contributed by atoms with van der Waals surface area (Å²) in [6.45, 7) is 2.12. The number of carbonyl (C=O) groups is 2. The number of ketones is 2. The predicted molar refractivity (Wildman–Crippen MR) is 94.4 cm³/mol. The predicted octanol–water partition coefficient (Wildman–Crippen LogP) is 3.79. The quantitative estimate of drug-likeness (QED) is 0.335. The number of nitrogens with zero attached hydrogens (tertiary/aromatic N) is 1. The molecule has 0 saturated heterocycles. The Morgan fingerprint density at radius 1 is 1.04 bits per heavy atom. The van der Waals surface area contributed by atoms with E-state index in [0.29, 0.717) is 17.7 Å². The van der Waals surface area contributed by atoms with Crippen LogP contribution in [-0.4, -0.2) is 36.7 Å². The van der Waals surface area contributed by atoms with Crippen LogP contribution in [0.2, 0.25) is 0 Å². The van der Waals surface area contributed by atoms with Gasteiger partial charge in [0.2, 0.25) is 0 Å². The third kappa shape index (κ3) is 3.73. The Hall–Kier alpha value is -2.63. The molecule has 25 heavy (non-hydrogen) atoms. The van der Waals surface area contributed by atoms with Crippen molar-refractivity contribution in [3.63, 3.8) is 0 Å². The van der Waals surface area contributed by atoms with Crippen LogP contribution in [0, 0.1) is 0 Å². The molecule has 6 nitrogen and oxygen atoms in total. The van der Waals surface area contributed by atoms with Gasteiger partial charge in [0.1, 0.15) is 11.5 Å². The minimum absolute atomic E-state index is 0.152. The maximum absolute atomic E-state index is 12.4. The number of ether oxygens (including phenoxy) is 2. The topological polar surface area (TPSA) is 85.2 Å². The van der Waals surface area contributed by atoms with Crippen LogP contribution < -0.4 is 9.47 Å². The highest BCUT2D eigenvalue weighted by Gasteiger charge is 2.31. The Kier molecular flexibility index (Phi) is 6.33. The molecule has 0 unspecified atom stereocenters. The average Bonchev–Trinajstić information content (AvgIpc) is 2.63. The summed E-state index contributed by atoms with van der Waals surface area (Å²) in [6, 6.07) is 1.59. The minimum atomic E-state index is -0.338. The van der Waals surface area contributed by atoms with Crippen molar-refractivity contribution in [2.45, 2.75) is 39.0 Å². The SMILES string of the molecule is CCCCCC/C(=N/O)c1cc(OC)c2c(c1OC)C(=O)C=CC2=O. The van der Waals surface area contributed by atoms with Crippen LogP contribution in [0.15, 0.2) is 23.4 Å². The summed E-state index contributed by atoms with van der Waals surface area (Å²) in [5.74, 6) is -0.151. The summed E-state index contributed by atoms with van der Waals surface area (Å²) < 4.78 is 10.7. The van der Waals surface area contributed by atoms with E-state index in [2.05, 4.69) is 12.1 Å². The van der Waals surface area contributed by atoms with Gasteiger partial charge in [0, 0.05) is 5.56 Å². The van der Waals surface area contributed by atoms with E-state index in [-0.39, 0.29) is 34.2 Å². The van der Waals surface area contributed by atoms with Gasteiger partial charge in [-0.1, -0.05) is 31.3 Å². The second-order valence-corrected chi connectivity index (χ2v) is 5.83. The fourth-order valence-corrected chi connectivity index (χ4v) is 2.98. The highest BCUT2D eigenvalue weighted by molar-refractivity contribution is 6.25. The zero-order valence-electron chi connectivity index (χ0n) is 14.8. The van der Waals surface area contributed by atoms with Crippen LogP contribution in [0.4, 0.5) is 0 Å². The Morgan fingerprint density at radius 3 is 2.28 bits per heavy atom. The highest BCUT2D eigenvalue weighted by atomic mass is 16.5. The van der Waals surface area contributed by atoms with Crippen molar-refractivity contribution in [3.05, 3.63) is 34.9 Å². The fourth-order valence-electron chi connectivity index (χ4n) is 2.98. The summed E-state index contributed by atoms with van der Waals surface area (Å²) >= 11 is 0. The Balaban J connectivity index is 2.54. The monoisotopic (exact) mass is 345 g/mol. The van der Waals surface area contributed by atoms with Crippen molar-refractivity contribution in [1.82, 2.24) is 0 Å². The minimum Gasteiger partial charge on any atom is -0.496 e. The lowest BCUT2D eigenvalue weighted by atomic mass is 9.88. The van der Waals surface area contributed by atoms with E-state index in [0.717, 1.165) is 25.7 Å². The molecule has 0 bridgehead atoms. The molecule has 0 saturated carbocycles. The average molecular weight is 345 g/mol. The number of unbranched alkanes of at least 4 members (excludes halogenated alkanes) is 3. The van der Waals surface area contributed by atoms with Crippen molar-refractivity contribution in [2.24, 2.45) is 5.16 Å². The number of hydrogen-bond donors (Lipinski definition) is 1. The molecule has 0 heterocycles. The molecule has 0 aliphatic heterocycles. The summed E-state index contributed by atoms with van der Waals surface area (Å²) in [5, 5.41) is 12.9. The van der Waals surface area contributed by atoms with Crippen molar-refractivity contribution in [1.29, 1.82) is 0 Å². The second kappa shape index (κ2) is 8.46. The van der Waals surface area contributed by atoms with Crippen LogP contribution in [0.5, 0.6) is 11.5 Å². The molecule has 134 valence electrons. The molecule has 1 N–H and O–H groups in total. The van der Waals surface area contributed by atoms with Crippen LogP contribution in [-0.2, 0) is 0 Å². The molecule has 1 aliphatic carbocycles. The molecular weight excluding hydrogens is 322 g/mol. The van der Waals surface area contributed by atoms with Crippen LogP contribution in [0.25, 0.3) is 0 Å². The molecular formula is C19H23NO5. The van der Waals surface area contributed by atoms with Crippen molar-refractivity contribution < 1.29 is 24.3 Å².